The van der Waals surface area contributed by atoms with Crippen molar-refractivity contribution >= 4 is 12.6 Å². The van der Waals surface area contributed by atoms with Gasteiger partial charge in [-0.1, -0.05) is 6.42 Å². The average molecular weight is 168 g/mol. The topological polar surface area (TPSA) is 30.7 Å². The van der Waals surface area contributed by atoms with E-state index < -0.39 is 0 Å². The van der Waals surface area contributed by atoms with E-state index in [2.05, 4.69) is 10.1 Å². The molecule has 0 radical (unpaired) electrons. The smallest absolute Gasteiger partial charge is 0.125 e. The van der Waals surface area contributed by atoms with Crippen molar-refractivity contribution in [2.75, 3.05) is 0 Å². The molecule has 0 amide bonds. The lowest BCUT2D eigenvalue weighted by atomic mass is 10.2. The van der Waals surface area contributed by atoms with E-state index in [1.165, 1.54) is 19.3 Å². The van der Waals surface area contributed by atoms with Crippen LogP contribution in [0.15, 0.2) is 5.16 Å². The summed E-state index contributed by atoms with van der Waals surface area (Å²) in [6.07, 6.45) is 4.78. The molecule has 0 N–H and O–H groups in total. The largest absolute Gasteiger partial charge is 0.738 e. The second-order valence-corrected chi connectivity index (χ2v) is 3.21. The van der Waals surface area contributed by atoms with Crippen LogP contribution in [0.25, 0.3) is 0 Å². The molecular weight excluding hydrogens is 158 g/mol. The maximum absolute atomic E-state index is 4.88. The summed E-state index contributed by atoms with van der Waals surface area (Å²) >= 11 is 4.88. The van der Waals surface area contributed by atoms with Gasteiger partial charge in [-0.2, -0.15) is 5.10 Å². The van der Waals surface area contributed by atoms with Gasteiger partial charge in [-0.25, -0.2) is 4.98 Å². The van der Waals surface area contributed by atoms with E-state index >= 15 is 0 Å². The number of rotatable bonds is 0. The maximum Gasteiger partial charge on any atom is 0.125 e. The number of fused-ring (bicyclic) bond motifs is 1. The van der Waals surface area contributed by atoms with Crippen LogP contribution in [-0.2, 0) is 25.6 Å². The Morgan fingerprint density at radius 2 is 2.18 bits per heavy atom. The highest BCUT2D eigenvalue weighted by molar-refractivity contribution is 7.58. The lowest BCUT2D eigenvalue weighted by Crippen LogP contribution is -2.02. The fourth-order valence-corrected chi connectivity index (χ4v) is 1.64. The van der Waals surface area contributed by atoms with Crippen molar-refractivity contribution in [1.29, 1.82) is 0 Å². The maximum atomic E-state index is 4.88. The van der Waals surface area contributed by atoms with Crippen molar-refractivity contribution in [3.8, 4) is 0 Å². The Balaban J connectivity index is 2.32. The van der Waals surface area contributed by atoms with Crippen molar-refractivity contribution in [3.05, 3.63) is 5.82 Å². The quantitative estimate of drug-likeness (QED) is 0.539. The van der Waals surface area contributed by atoms with Crippen LogP contribution in [0.2, 0.25) is 0 Å². The summed E-state index contributed by atoms with van der Waals surface area (Å²) in [5.74, 6) is 1.08. The molecule has 2 rings (SSSR count). The van der Waals surface area contributed by atoms with Gasteiger partial charge in [0.1, 0.15) is 5.82 Å². The van der Waals surface area contributed by atoms with E-state index in [1.807, 2.05) is 4.68 Å². The molecule has 11 heavy (non-hydrogen) atoms. The second-order valence-electron chi connectivity index (χ2n) is 2.84. The van der Waals surface area contributed by atoms with Gasteiger partial charge >= 0.3 is 0 Å². The first-order valence-electron chi connectivity index (χ1n) is 3.97. The minimum Gasteiger partial charge on any atom is -0.738 e. The lowest BCUT2D eigenvalue weighted by Gasteiger charge is -1.97. The summed E-state index contributed by atoms with van der Waals surface area (Å²) in [7, 11) is 0. The summed E-state index contributed by atoms with van der Waals surface area (Å²) in [5.41, 5.74) is 0. The highest BCUT2D eigenvalue weighted by Gasteiger charge is 2.07. The summed E-state index contributed by atoms with van der Waals surface area (Å²) in [6.45, 7) is 0.999. The third-order valence-electron chi connectivity index (χ3n) is 2.00. The highest BCUT2D eigenvalue weighted by atomic mass is 32.1. The molecule has 0 saturated carbocycles. The summed E-state index contributed by atoms with van der Waals surface area (Å²) in [4.78, 5) is 4.18. The third kappa shape index (κ3) is 1.35. The standard InChI is InChI=1S/C7H11N3S/c11-7-8-6-4-2-1-3-5-10(6)9-7/h1-5H2,(H,9,11)/p-1. The van der Waals surface area contributed by atoms with Crippen molar-refractivity contribution in [2.45, 2.75) is 37.4 Å². The molecule has 4 heteroatoms. The fourth-order valence-electron chi connectivity index (χ4n) is 1.44. The molecule has 2 heterocycles. The summed E-state index contributed by atoms with van der Waals surface area (Å²) in [5, 5.41) is 4.63. The molecule has 3 nitrogen and oxygen atoms in total. The Bertz CT molecular complexity index is 233. The van der Waals surface area contributed by atoms with E-state index in [0.29, 0.717) is 5.16 Å². The summed E-state index contributed by atoms with van der Waals surface area (Å²) < 4.78 is 1.95. The Hall–Kier alpha value is -0.640. The number of aryl methyl sites for hydroxylation is 2. The number of hydrogen-bond acceptors (Lipinski definition) is 3. The first kappa shape index (κ1) is 7.03. The lowest BCUT2D eigenvalue weighted by molar-refractivity contribution is 0.565. The molecule has 0 aliphatic carbocycles. The zero-order chi connectivity index (χ0) is 7.68. The van der Waals surface area contributed by atoms with E-state index in [-0.39, 0.29) is 0 Å². The van der Waals surface area contributed by atoms with Crippen LogP contribution in [0.3, 0.4) is 0 Å². The van der Waals surface area contributed by atoms with Crippen LogP contribution >= 0.6 is 0 Å². The Morgan fingerprint density at radius 3 is 3.09 bits per heavy atom. The molecule has 1 aliphatic heterocycles. The average Bonchev–Trinajstić information content (AvgIpc) is 2.17. The Morgan fingerprint density at radius 1 is 1.27 bits per heavy atom. The van der Waals surface area contributed by atoms with Crippen LogP contribution in [0.4, 0.5) is 0 Å². The van der Waals surface area contributed by atoms with Crippen molar-refractivity contribution in [1.82, 2.24) is 14.8 Å². The predicted molar refractivity (Wildman–Crippen MR) is 43.2 cm³/mol. The van der Waals surface area contributed by atoms with Gasteiger partial charge in [0.25, 0.3) is 0 Å². The van der Waals surface area contributed by atoms with Gasteiger partial charge in [0.2, 0.25) is 0 Å². The van der Waals surface area contributed by atoms with E-state index in [1.54, 1.807) is 0 Å². The molecule has 60 valence electrons. The molecule has 0 saturated heterocycles. The van der Waals surface area contributed by atoms with Gasteiger partial charge in [-0.3, -0.25) is 4.68 Å². The van der Waals surface area contributed by atoms with Crippen molar-refractivity contribution < 1.29 is 0 Å². The van der Waals surface area contributed by atoms with Crippen LogP contribution in [0.1, 0.15) is 25.1 Å². The molecule has 0 bridgehead atoms. The highest BCUT2D eigenvalue weighted by Crippen LogP contribution is 2.11. The fraction of sp³-hybridized carbons (Fsp3) is 0.714. The first-order valence-corrected chi connectivity index (χ1v) is 4.38. The molecule has 0 unspecified atom stereocenters. The SMILES string of the molecule is [S-]c1nc2n(n1)CCCCC2. The zero-order valence-corrected chi connectivity index (χ0v) is 7.10. The Kier molecular flexibility index (Phi) is 1.77. The number of aromatic nitrogens is 3. The molecular formula is C7H10N3S-. The predicted octanol–water partition coefficient (Wildman–Crippen LogP) is 0.910. The Labute approximate surface area is 71.2 Å². The van der Waals surface area contributed by atoms with Crippen molar-refractivity contribution in [2.24, 2.45) is 0 Å². The monoisotopic (exact) mass is 168 g/mol. The molecule has 0 spiro atoms. The molecule has 1 aromatic rings. The van der Waals surface area contributed by atoms with Gasteiger partial charge in [0, 0.05) is 18.1 Å². The molecule has 0 atom stereocenters. The van der Waals surface area contributed by atoms with Crippen LogP contribution in [-0.4, -0.2) is 14.8 Å². The molecule has 0 aromatic carbocycles. The minimum absolute atomic E-state index is 0.502. The van der Waals surface area contributed by atoms with Gasteiger partial charge in [-0.15, -0.1) is 0 Å². The number of nitrogens with zero attached hydrogens (tertiary/aromatic N) is 3. The molecule has 0 fully saturated rings. The normalized spacial score (nSPS) is 17.5. The van der Waals surface area contributed by atoms with E-state index in [9.17, 15) is 0 Å². The number of hydrogen-bond donors (Lipinski definition) is 0. The van der Waals surface area contributed by atoms with Gasteiger partial charge in [0.05, 0.1) is 0 Å². The second kappa shape index (κ2) is 2.77. The molecule has 1 aliphatic rings. The van der Waals surface area contributed by atoms with Gasteiger partial charge in [0.15, 0.2) is 0 Å². The van der Waals surface area contributed by atoms with Crippen LogP contribution in [0.5, 0.6) is 0 Å². The summed E-state index contributed by atoms with van der Waals surface area (Å²) in [6, 6.07) is 0. The molecule has 1 aromatic heterocycles. The van der Waals surface area contributed by atoms with Crippen LogP contribution < -0.4 is 0 Å². The minimum atomic E-state index is 0.502. The van der Waals surface area contributed by atoms with E-state index in [0.717, 1.165) is 18.8 Å². The van der Waals surface area contributed by atoms with Gasteiger partial charge < -0.3 is 12.6 Å². The van der Waals surface area contributed by atoms with Crippen LogP contribution in [0, 0.1) is 0 Å². The van der Waals surface area contributed by atoms with E-state index in [4.69, 9.17) is 12.6 Å². The van der Waals surface area contributed by atoms with Crippen molar-refractivity contribution in [3.63, 3.8) is 0 Å². The first-order chi connectivity index (χ1) is 5.36. The zero-order valence-electron chi connectivity index (χ0n) is 6.29. The van der Waals surface area contributed by atoms with Gasteiger partial charge in [-0.05, 0) is 12.8 Å². The third-order valence-corrected chi connectivity index (χ3v) is 2.17.